The molecule has 8 heteroatoms. The summed E-state index contributed by atoms with van der Waals surface area (Å²) in [6.07, 6.45) is 0. The number of aryl methyl sites for hydroxylation is 1. The summed E-state index contributed by atoms with van der Waals surface area (Å²) in [6, 6.07) is 9.16. The van der Waals surface area contributed by atoms with E-state index in [9.17, 15) is 8.42 Å². The van der Waals surface area contributed by atoms with Crippen molar-refractivity contribution in [2.45, 2.75) is 18.7 Å². The molecule has 1 aliphatic heterocycles. The van der Waals surface area contributed by atoms with Gasteiger partial charge in [0.1, 0.15) is 10.6 Å². The van der Waals surface area contributed by atoms with Crippen molar-refractivity contribution in [3.8, 4) is 5.75 Å². The monoisotopic (exact) mass is 472 g/mol. The predicted molar refractivity (Wildman–Crippen MR) is 113 cm³/mol. The number of piperazine rings is 1. The fourth-order valence-electron chi connectivity index (χ4n) is 3.24. The maximum atomic E-state index is 13.2. The average Bonchev–Trinajstić information content (AvgIpc) is 2.66. The van der Waals surface area contributed by atoms with Crippen LogP contribution < -0.4 is 9.64 Å². The molecule has 1 heterocycles. The number of halogens is 2. The quantitative estimate of drug-likeness (QED) is 0.666. The lowest BCUT2D eigenvalue weighted by atomic mass is 10.1. The SMILES string of the molecule is COc1cc(C)c(Br)cc1S(=O)(=O)N1CCN(c2cccc(Cl)c2C)CC1. The first-order valence-electron chi connectivity index (χ1n) is 8.60. The minimum Gasteiger partial charge on any atom is -0.495 e. The van der Waals surface area contributed by atoms with Crippen LogP contribution in [0.1, 0.15) is 11.1 Å². The van der Waals surface area contributed by atoms with Crippen molar-refractivity contribution in [1.82, 2.24) is 4.31 Å². The lowest BCUT2D eigenvalue weighted by Crippen LogP contribution is -2.48. The zero-order chi connectivity index (χ0) is 19.8. The Morgan fingerprint density at radius 1 is 1.11 bits per heavy atom. The second-order valence-corrected chi connectivity index (χ2v) is 9.70. The molecule has 27 heavy (non-hydrogen) atoms. The molecular formula is C19H22BrClN2O3S. The first-order chi connectivity index (χ1) is 12.8. The average molecular weight is 474 g/mol. The van der Waals surface area contributed by atoms with Crippen molar-refractivity contribution in [2.24, 2.45) is 0 Å². The van der Waals surface area contributed by atoms with Gasteiger partial charge in [-0.25, -0.2) is 8.42 Å². The van der Waals surface area contributed by atoms with Crippen LogP contribution in [0.15, 0.2) is 39.7 Å². The highest BCUT2D eigenvalue weighted by Crippen LogP contribution is 2.33. The van der Waals surface area contributed by atoms with Crippen LogP contribution >= 0.6 is 27.5 Å². The maximum absolute atomic E-state index is 13.2. The number of benzene rings is 2. The van der Waals surface area contributed by atoms with Crippen molar-refractivity contribution in [1.29, 1.82) is 0 Å². The second kappa shape index (κ2) is 7.99. The number of anilines is 1. The molecule has 3 rings (SSSR count). The molecule has 146 valence electrons. The number of hydrogen-bond donors (Lipinski definition) is 0. The summed E-state index contributed by atoms with van der Waals surface area (Å²) in [5.74, 6) is 0.365. The Morgan fingerprint density at radius 3 is 2.41 bits per heavy atom. The third kappa shape index (κ3) is 3.97. The lowest BCUT2D eigenvalue weighted by molar-refractivity contribution is 0.374. The zero-order valence-corrected chi connectivity index (χ0v) is 18.7. The molecule has 0 aromatic heterocycles. The summed E-state index contributed by atoms with van der Waals surface area (Å²) in [5.41, 5.74) is 2.99. The molecular weight excluding hydrogens is 452 g/mol. The Balaban J connectivity index is 1.83. The van der Waals surface area contributed by atoms with Gasteiger partial charge < -0.3 is 9.64 Å². The third-order valence-corrected chi connectivity index (χ3v) is 8.06. The summed E-state index contributed by atoms with van der Waals surface area (Å²) in [7, 11) is -2.15. The first kappa shape index (κ1) is 20.5. The molecule has 0 spiro atoms. The number of nitrogens with zero attached hydrogens (tertiary/aromatic N) is 2. The smallest absolute Gasteiger partial charge is 0.246 e. The van der Waals surface area contributed by atoms with Gasteiger partial charge in [0.2, 0.25) is 10.0 Å². The fourth-order valence-corrected chi connectivity index (χ4v) is 5.49. The first-order valence-corrected chi connectivity index (χ1v) is 11.2. The highest BCUT2D eigenvalue weighted by Gasteiger charge is 2.31. The summed E-state index contributed by atoms with van der Waals surface area (Å²) in [6.45, 7) is 5.90. The summed E-state index contributed by atoms with van der Waals surface area (Å²) >= 11 is 9.65. The summed E-state index contributed by atoms with van der Waals surface area (Å²) in [5, 5.41) is 0.719. The second-order valence-electron chi connectivity index (χ2n) is 6.53. The number of rotatable bonds is 4. The Kier molecular flexibility index (Phi) is 6.05. The number of hydrogen-bond acceptors (Lipinski definition) is 4. The molecule has 1 saturated heterocycles. The van der Waals surface area contributed by atoms with Crippen molar-refractivity contribution in [3.63, 3.8) is 0 Å². The van der Waals surface area contributed by atoms with Crippen LogP contribution in [0.5, 0.6) is 5.75 Å². The molecule has 5 nitrogen and oxygen atoms in total. The Labute approximate surface area is 174 Å². The van der Waals surface area contributed by atoms with Crippen LogP contribution in [-0.4, -0.2) is 46.0 Å². The molecule has 0 atom stereocenters. The normalized spacial score (nSPS) is 15.8. The lowest BCUT2D eigenvalue weighted by Gasteiger charge is -2.36. The van der Waals surface area contributed by atoms with Gasteiger partial charge in [0.05, 0.1) is 7.11 Å². The largest absolute Gasteiger partial charge is 0.495 e. The minimum atomic E-state index is -3.64. The van der Waals surface area contributed by atoms with E-state index in [0.717, 1.165) is 26.3 Å². The maximum Gasteiger partial charge on any atom is 0.246 e. The zero-order valence-electron chi connectivity index (χ0n) is 15.5. The van der Waals surface area contributed by atoms with Crippen molar-refractivity contribution >= 4 is 43.2 Å². The standard InChI is InChI=1S/C19H22BrClN2O3S/c1-13-11-18(26-3)19(12-15(13)20)27(24,25)23-9-7-22(8-10-23)17-6-4-5-16(21)14(17)2/h4-6,11-12H,7-10H2,1-3H3. The van der Waals surface area contributed by atoms with Crippen molar-refractivity contribution in [3.05, 3.63) is 51.0 Å². The van der Waals surface area contributed by atoms with Gasteiger partial charge in [-0.1, -0.05) is 33.6 Å². The molecule has 0 N–H and O–H groups in total. The van der Waals surface area contributed by atoms with Gasteiger partial charge in [-0.2, -0.15) is 4.31 Å². The van der Waals surface area contributed by atoms with Gasteiger partial charge in [-0.05, 0) is 49.2 Å². The van der Waals surface area contributed by atoms with E-state index in [1.165, 1.54) is 11.4 Å². The van der Waals surface area contributed by atoms with Crippen LogP contribution in [0.3, 0.4) is 0 Å². The van der Waals surface area contributed by atoms with E-state index in [-0.39, 0.29) is 4.90 Å². The molecule has 1 aliphatic rings. The molecule has 0 amide bonds. The molecule has 0 saturated carbocycles. The summed E-state index contributed by atoms with van der Waals surface area (Å²) < 4.78 is 33.9. The number of ether oxygens (including phenoxy) is 1. The minimum absolute atomic E-state index is 0.190. The summed E-state index contributed by atoms with van der Waals surface area (Å²) in [4.78, 5) is 2.37. The van der Waals surface area contributed by atoms with Crippen LogP contribution in [0.2, 0.25) is 5.02 Å². The van der Waals surface area contributed by atoms with E-state index in [1.54, 1.807) is 12.1 Å². The van der Waals surface area contributed by atoms with Gasteiger partial charge >= 0.3 is 0 Å². The van der Waals surface area contributed by atoms with Gasteiger partial charge in [0, 0.05) is 41.4 Å². The number of methoxy groups -OCH3 is 1. The Morgan fingerprint density at radius 2 is 1.78 bits per heavy atom. The third-order valence-electron chi connectivity index (χ3n) is 4.88. The van der Waals surface area contributed by atoms with Crippen LogP contribution in [0.4, 0.5) is 5.69 Å². The van der Waals surface area contributed by atoms with Crippen molar-refractivity contribution < 1.29 is 13.2 Å². The molecule has 0 aliphatic carbocycles. The highest BCUT2D eigenvalue weighted by molar-refractivity contribution is 9.10. The van der Waals surface area contributed by atoms with E-state index in [4.69, 9.17) is 16.3 Å². The van der Waals surface area contributed by atoms with Crippen LogP contribution in [-0.2, 0) is 10.0 Å². The fraction of sp³-hybridized carbons (Fsp3) is 0.368. The number of sulfonamides is 1. The molecule has 2 aromatic carbocycles. The molecule has 1 fully saturated rings. The van der Waals surface area contributed by atoms with E-state index in [2.05, 4.69) is 20.8 Å². The van der Waals surface area contributed by atoms with Gasteiger partial charge in [-0.15, -0.1) is 0 Å². The van der Waals surface area contributed by atoms with Crippen LogP contribution in [0, 0.1) is 13.8 Å². The highest BCUT2D eigenvalue weighted by atomic mass is 79.9. The Bertz CT molecular complexity index is 958. The Hall–Kier alpha value is -1.28. The van der Waals surface area contributed by atoms with Crippen LogP contribution in [0.25, 0.3) is 0 Å². The molecule has 0 unspecified atom stereocenters. The van der Waals surface area contributed by atoms with E-state index in [1.807, 2.05) is 32.0 Å². The van der Waals surface area contributed by atoms with Gasteiger partial charge in [-0.3, -0.25) is 0 Å². The van der Waals surface area contributed by atoms with E-state index in [0.29, 0.717) is 31.9 Å². The molecule has 2 aromatic rings. The predicted octanol–water partition coefficient (Wildman–Crippen LogP) is 4.24. The van der Waals surface area contributed by atoms with Gasteiger partial charge in [0.15, 0.2) is 0 Å². The van der Waals surface area contributed by atoms with E-state index >= 15 is 0 Å². The molecule has 0 radical (unpaired) electrons. The topological polar surface area (TPSA) is 49.9 Å². The van der Waals surface area contributed by atoms with Crippen molar-refractivity contribution in [2.75, 3.05) is 38.2 Å². The molecule has 0 bridgehead atoms. The van der Waals surface area contributed by atoms with Gasteiger partial charge in [0.25, 0.3) is 0 Å². The van der Waals surface area contributed by atoms with E-state index < -0.39 is 10.0 Å².